The lowest BCUT2D eigenvalue weighted by Crippen LogP contribution is -2.46. The Morgan fingerprint density at radius 1 is 0.578 bits per heavy atom. The van der Waals surface area contributed by atoms with E-state index in [9.17, 15) is 42.8 Å². The second-order valence-electron chi connectivity index (χ2n) is 9.07. The molecule has 0 saturated carbocycles. The van der Waals surface area contributed by atoms with Gasteiger partial charge in [-0.25, -0.2) is 8.42 Å². The van der Waals surface area contributed by atoms with Crippen molar-refractivity contribution in [2.24, 2.45) is 0 Å². The molecule has 0 aromatic heterocycles. The number of aryl methyl sites for hydroxylation is 1. The fourth-order valence-electron chi connectivity index (χ4n) is 3.67. The highest BCUT2D eigenvalue weighted by Crippen LogP contribution is 2.52. The van der Waals surface area contributed by atoms with E-state index in [1.807, 2.05) is 0 Å². The normalized spacial score (nSPS) is 13.9. The van der Waals surface area contributed by atoms with Crippen molar-refractivity contribution in [3.05, 3.63) is 77.4 Å². The fourth-order valence-corrected chi connectivity index (χ4v) is 6.22. The molecular formula is C24H18F8O10S3. The Morgan fingerprint density at radius 3 is 1.31 bits per heavy atom. The van der Waals surface area contributed by atoms with Gasteiger partial charge in [0, 0.05) is 0 Å². The van der Waals surface area contributed by atoms with Gasteiger partial charge in [0.05, 0.1) is 28.0 Å². The van der Waals surface area contributed by atoms with Gasteiger partial charge in [-0.05, 0) is 55.5 Å². The van der Waals surface area contributed by atoms with Crippen LogP contribution in [0.4, 0.5) is 35.1 Å². The number of alkyl halides is 8. The molecule has 0 fully saturated rings. The number of rotatable bonds is 11. The van der Waals surface area contributed by atoms with Crippen molar-refractivity contribution in [2.45, 2.75) is 39.1 Å². The summed E-state index contributed by atoms with van der Waals surface area (Å²) in [7, 11) is -19.5. The lowest BCUT2D eigenvalue weighted by molar-refractivity contribution is -0.169. The van der Waals surface area contributed by atoms with E-state index >= 15 is 17.6 Å². The lowest BCUT2D eigenvalue weighted by Gasteiger charge is -2.28. The predicted octanol–water partition coefficient (Wildman–Crippen LogP) is 5.77. The van der Waals surface area contributed by atoms with Gasteiger partial charge >= 0.3 is 42.6 Å². The summed E-state index contributed by atoms with van der Waals surface area (Å²) in [6.07, 6.45) is 0. The Kier molecular flexibility index (Phi) is 9.08. The van der Waals surface area contributed by atoms with Crippen LogP contribution in [0.5, 0.6) is 17.2 Å². The molecule has 0 saturated heterocycles. The minimum atomic E-state index is -7.04. The second-order valence-corrected chi connectivity index (χ2v) is 13.9. The van der Waals surface area contributed by atoms with E-state index < -0.39 is 84.8 Å². The minimum Gasteiger partial charge on any atom is -0.497 e. The summed E-state index contributed by atoms with van der Waals surface area (Å²) in [6, 6.07) is 6.16. The molecule has 0 spiro atoms. The van der Waals surface area contributed by atoms with Crippen LogP contribution in [0, 0.1) is 6.92 Å². The summed E-state index contributed by atoms with van der Waals surface area (Å²) in [5.41, 5.74) is -4.29. The lowest BCUT2D eigenvalue weighted by atomic mass is 10.1. The molecule has 0 atom stereocenters. The first-order valence-electron chi connectivity index (χ1n) is 11.5. The molecule has 3 rings (SSSR count). The van der Waals surface area contributed by atoms with Gasteiger partial charge in [-0.15, -0.1) is 0 Å². The molecule has 0 aliphatic heterocycles. The summed E-state index contributed by atoms with van der Waals surface area (Å²) >= 11 is 0. The van der Waals surface area contributed by atoms with Crippen LogP contribution in [0.1, 0.15) is 16.7 Å². The zero-order chi connectivity index (χ0) is 34.6. The van der Waals surface area contributed by atoms with Gasteiger partial charge in [-0.3, -0.25) is 9.11 Å². The van der Waals surface area contributed by atoms with Crippen LogP contribution < -0.4 is 9.47 Å². The van der Waals surface area contributed by atoms with Gasteiger partial charge < -0.3 is 9.47 Å². The van der Waals surface area contributed by atoms with Gasteiger partial charge in [0.1, 0.15) is 17.2 Å². The van der Waals surface area contributed by atoms with Crippen molar-refractivity contribution in [1.29, 1.82) is 0 Å². The molecule has 0 aliphatic rings. The van der Waals surface area contributed by atoms with Crippen LogP contribution in [-0.2, 0) is 41.9 Å². The summed E-state index contributed by atoms with van der Waals surface area (Å²) in [4.78, 5) is -4.18. The Hall–Kier alpha value is -3.53. The Bertz CT molecular complexity index is 1950. The first-order valence-corrected chi connectivity index (χ1v) is 15.9. The summed E-state index contributed by atoms with van der Waals surface area (Å²) in [5.74, 6) is -14.2. The molecule has 0 unspecified atom stereocenters. The zero-order valence-corrected chi connectivity index (χ0v) is 24.6. The molecule has 0 heterocycles. The third-order valence-electron chi connectivity index (χ3n) is 6.03. The molecule has 0 radical (unpaired) electrons. The summed E-state index contributed by atoms with van der Waals surface area (Å²) in [5, 5.41) is -13.0. The average Bonchev–Trinajstić information content (AvgIpc) is 2.92. The molecule has 45 heavy (non-hydrogen) atoms. The van der Waals surface area contributed by atoms with Crippen molar-refractivity contribution in [2.75, 3.05) is 7.11 Å². The molecular weight excluding hydrogens is 696 g/mol. The highest BCUT2D eigenvalue weighted by atomic mass is 32.2. The topological polar surface area (TPSA) is 161 Å². The van der Waals surface area contributed by atoms with Crippen molar-refractivity contribution >= 4 is 30.1 Å². The van der Waals surface area contributed by atoms with Crippen molar-refractivity contribution in [3.63, 3.8) is 0 Å². The third kappa shape index (κ3) is 6.18. The monoisotopic (exact) mass is 714 g/mol. The Balaban J connectivity index is 2.43. The van der Waals surface area contributed by atoms with E-state index in [-0.39, 0.29) is 30.0 Å². The minimum absolute atomic E-state index is 0.0387. The number of hydrogen-bond acceptors (Lipinski definition) is 8. The number of ether oxygens (including phenoxy) is 2. The first kappa shape index (κ1) is 35.9. The van der Waals surface area contributed by atoms with Crippen LogP contribution in [0.3, 0.4) is 0 Å². The summed E-state index contributed by atoms with van der Waals surface area (Å²) in [6.45, 7) is 1.63. The maximum atomic E-state index is 15.3. The summed E-state index contributed by atoms with van der Waals surface area (Å²) < 4.78 is 217. The zero-order valence-electron chi connectivity index (χ0n) is 22.2. The smallest absolute Gasteiger partial charge is 0.436 e. The van der Waals surface area contributed by atoms with Crippen molar-refractivity contribution in [3.8, 4) is 17.2 Å². The van der Waals surface area contributed by atoms with Crippen LogP contribution in [0.25, 0.3) is 0 Å². The first-order chi connectivity index (χ1) is 20.2. The van der Waals surface area contributed by atoms with Crippen LogP contribution in [-0.4, -0.2) is 52.0 Å². The van der Waals surface area contributed by atoms with Gasteiger partial charge in [0.2, 0.25) is 9.84 Å². The van der Waals surface area contributed by atoms with E-state index in [1.54, 1.807) is 6.92 Å². The van der Waals surface area contributed by atoms with Crippen LogP contribution in [0.2, 0.25) is 0 Å². The Labute approximate surface area is 249 Å². The fraction of sp³-hybridized carbons (Fsp3) is 0.250. The molecule has 10 nitrogen and oxygen atoms in total. The standard InChI is InChI=1S/C24H18F8O10S3/c1-13-3-5-14(6-4-13)42-16-8-10-20(18(12-16)22(27,28)24(31,32)45(38,39)40)43(33,34)19-9-7-15(41-2)11-17(19)21(25,26)23(29,30)44(35,36)37/h3-12H,1-2H3,(H,35,36,37)(H,38,39,40). The highest BCUT2D eigenvalue weighted by molar-refractivity contribution is 7.91. The number of sulfone groups is 1. The molecule has 21 heteroatoms. The second kappa shape index (κ2) is 11.4. The van der Waals surface area contributed by atoms with E-state index in [2.05, 4.69) is 4.74 Å². The molecule has 3 aromatic carbocycles. The number of halogens is 8. The predicted molar refractivity (Wildman–Crippen MR) is 137 cm³/mol. The largest absolute Gasteiger partial charge is 0.497 e. The van der Waals surface area contributed by atoms with Crippen LogP contribution >= 0.6 is 0 Å². The SMILES string of the molecule is COc1ccc(S(=O)(=O)c2ccc(Oc3ccc(C)cc3)cc2C(F)(F)C(F)(F)S(=O)(=O)O)c(C(F)(F)C(F)(F)S(=O)(=O)O)c1. The van der Waals surface area contributed by atoms with E-state index in [0.29, 0.717) is 17.7 Å². The van der Waals surface area contributed by atoms with Gasteiger partial charge in [-0.1, -0.05) is 17.7 Å². The number of benzene rings is 3. The molecule has 0 aliphatic carbocycles. The maximum absolute atomic E-state index is 15.3. The van der Waals surface area contributed by atoms with Crippen molar-refractivity contribution < 1.29 is 79.0 Å². The molecule has 2 N–H and O–H groups in total. The quantitative estimate of drug-likeness (QED) is 0.184. The molecule has 0 bridgehead atoms. The molecule has 248 valence electrons. The van der Waals surface area contributed by atoms with Crippen molar-refractivity contribution in [1.82, 2.24) is 0 Å². The van der Waals surface area contributed by atoms with Gasteiger partial charge in [0.15, 0.2) is 0 Å². The highest BCUT2D eigenvalue weighted by Gasteiger charge is 2.69. The molecule has 0 amide bonds. The van der Waals surface area contributed by atoms with Crippen LogP contribution in [0.15, 0.2) is 70.5 Å². The Morgan fingerprint density at radius 2 is 0.933 bits per heavy atom. The van der Waals surface area contributed by atoms with Gasteiger partial charge in [-0.2, -0.15) is 52.0 Å². The number of methoxy groups -OCH3 is 1. The van der Waals surface area contributed by atoms with Gasteiger partial charge in [0.25, 0.3) is 0 Å². The third-order valence-corrected chi connectivity index (χ3v) is 9.71. The van der Waals surface area contributed by atoms with E-state index in [0.717, 1.165) is 7.11 Å². The number of hydrogen-bond donors (Lipinski definition) is 2. The molecule has 3 aromatic rings. The van der Waals surface area contributed by atoms with E-state index in [4.69, 9.17) is 13.8 Å². The average molecular weight is 715 g/mol. The maximum Gasteiger partial charge on any atom is 0.436 e. The van der Waals surface area contributed by atoms with E-state index in [1.165, 1.54) is 24.3 Å².